The van der Waals surface area contributed by atoms with Gasteiger partial charge in [-0.3, -0.25) is 14.7 Å². The lowest BCUT2D eigenvalue weighted by Crippen LogP contribution is -2.40. The molecule has 0 aromatic carbocycles. The normalized spacial score (nSPS) is 19.1. The van der Waals surface area contributed by atoms with Gasteiger partial charge < -0.3 is 20.0 Å². The van der Waals surface area contributed by atoms with Crippen LogP contribution in [0.25, 0.3) is 0 Å². The first-order valence-electron chi connectivity index (χ1n) is 11.8. The van der Waals surface area contributed by atoms with Gasteiger partial charge in [-0.05, 0) is 71.2 Å². The van der Waals surface area contributed by atoms with Crippen LogP contribution in [0.3, 0.4) is 0 Å². The van der Waals surface area contributed by atoms with Crippen LogP contribution in [0.5, 0.6) is 0 Å². The minimum absolute atomic E-state index is 0. The fraction of sp³-hybridized carbons (Fsp3) is 0.739. The molecule has 3 rings (SSSR count). The summed E-state index contributed by atoms with van der Waals surface area (Å²) in [6.07, 6.45) is 7.47. The van der Waals surface area contributed by atoms with Crippen molar-refractivity contribution in [2.75, 3.05) is 45.8 Å². The minimum Gasteiger partial charge on any atom is -0.465 e. The van der Waals surface area contributed by atoms with E-state index in [1.54, 1.807) is 0 Å². The van der Waals surface area contributed by atoms with Crippen LogP contribution >= 0.6 is 24.0 Å². The summed E-state index contributed by atoms with van der Waals surface area (Å²) in [5.41, 5.74) is 0. The van der Waals surface area contributed by atoms with Gasteiger partial charge in [0.2, 0.25) is 5.91 Å². The van der Waals surface area contributed by atoms with Crippen LogP contribution in [0.4, 0.5) is 0 Å². The zero-order valence-corrected chi connectivity index (χ0v) is 21.5. The van der Waals surface area contributed by atoms with Gasteiger partial charge in [0.1, 0.15) is 11.5 Å². The van der Waals surface area contributed by atoms with Crippen molar-refractivity contribution in [2.45, 2.75) is 64.8 Å². The first-order chi connectivity index (χ1) is 14.7. The van der Waals surface area contributed by atoms with E-state index >= 15 is 0 Å². The molecule has 1 unspecified atom stereocenters. The molecule has 8 heteroatoms. The van der Waals surface area contributed by atoms with Crippen LogP contribution < -0.4 is 10.6 Å². The number of nitrogens with zero attached hydrogens (tertiary/aromatic N) is 3. The number of carbonyl (C=O) groups excluding carboxylic acids is 1. The summed E-state index contributed by atoms with van der Waals surface area (Å²) in [5, 5.41) is 6.80. The average molecular weight is 546 g/mol. The topological polar surface area (TPSA) is 73.1 Å². The van der Waals surface area contributed by atoms with Crippen molar-refractivity contribution in [3.8, 4) is 0 Å². The summed E-state index contributed by atoms with van der Waals surface area (Å²) in [7, 11) is 0. The number of carbonyl (C=O) groups is 1. The first kappa shape index (κ1) is 26.0. The molecule has 2 fully saturated rings. The molecule has 1 aromatic rings. The van der Waals surface area contributed by atoms with E-state index in [0.717, 1.165) is 76.0 Å². The largest absolute Gasteiger partial charge is 0.465 e. The van der Waals surface area contributed by atoms with Gasteiger partial charge in [0, 0.05) is 32.6 Å². The van der Waals surface area contributed by atoms with Gasteiger partial charge in [0.15, 0.2) is 5.96 Å². The molecular weight excluding hydrogens is 505 g/mol. The van der Waals surface area contributed by atoms with Crippen LogP contribution in [0, 0.1) is 6.92 Å². The van der Waals surface area contributed by atoms with Crippen molar-refractivity contribution in [3.05, 3.63) is 23.7 Å². The highest BCUT2D eigenvalue weighted by atomic mass is 127. The number of halogens is 1. The highest BCUT2D eigenvalue weighted by Crippen LogP contribution is 2.26. The van der Waals surface area contributed by atoms with E-state index in [9.17, 15) is 4.79 Å². The second kappa shape index (κ2) is 14.0. The van der Waals surface area contributed by atoms with Crippen molar-refractivity contribution in [3.63, 3.8) is 0 Å². The number of rotatable bonds is 9. The number of guanidine groups is 1. The Kier molecular flexibility index (Phi) is 11.7. The number of nitrogens with one attached hydrogen (secondary N) is 2. The predicted molar refractivity (Wildman–Crippen MR) is 136 cm³/mol. The molecule has 1 aromatic heterocycles. The summed E-state index contributed by atoms with van der Waals surface area (Å²) >= 11 is 0. The Morgan fingerprint density at radius 2 is 1.90 bits per heavy atom. The first-order valence-corrected chi connectivity index (χ1v) is 11.8. The smallest absolute Gasteiger partial charge is 0.222 e. The third-order valence-corrected chi connectivity index (χ3v) is 6.01. The van der Waals surface area contributed by atoms with Crippen LogP contribution in [0.15, 0.2) is 21.5 Å². The number of hydrogen-bond donors (Lipinski definition) is 2. The van der Waals surface area contributed by atoms with E-state index in [2.05, 4.69) is 28.5 Å². The molecule has 1 atom stereocenters. The molecule has 2 N–H and O–H groups in total. The lowest BCUT2D eigenvalue weighted by atomic mass is 10.2. The summed E-state index contributed by atoms with van der Waals surface area (Å²) < 4.78 is 5.95. The molecule has 2 aliphatic rings. The third kappa shape index (κ3) is 8.29. The average Bonchev–Trinajstić information content (AvgIpc) is 3.37. The van der Waals surface area contributed by atoms with Gasteiger partial charge in [-0.25, -0.2) is 0 Å². The maximum atomic E-state index is 12.1. The minimum atomic E-state index is 0. The van der Waals surface area contributed by atoms with E-state index in [4.69, 9.17) is 9.41 Å². The van der Waals surface area contributed by atoms with E-state index in [-0.39, 0.29) is 30.0 Å². The molecule has 0 spiro atoms. The number of likely N-dealkylation sites (tertiary alicyclic amines) is 2. The molecule has 2 saturated heterocycles. The van der Waals surface area contributed by atoms with E-state index in [1.165, 1.54) is 19.3 Å². The fourth-order valence-corrected chi connectivity index (χ4v) is 4.34. The molecule has 7 nitrogen and oxygen atoms in total. The van der Waals surface area contributed by atoms with Gasteiger partial charge in [-0.15, -0.1) is 24.0 Å². The maximum Gasteiger partial charge on any atom is 0.222 e. The molecule has 0 aliphatic carbocycles. The van der Waals surface area contributed by atoms with Gasteiger partial charge in [0.05, 0.1) is 12.6 Å². The number of aryl methyl sites for hydroxylation is 1. The van der Waals surface area contributed by atoms with Crippen molar-refractivity contribution >= 4 is 35.8 Å². The van der Waals surface area contributed by atoms with Crippen molar-refractivity contribution in [2.24, 2.45) is 4.99 Å². The predicted octanol–water partition coefficient (Wildman–Crippen LogP) is 3.69. The summed E-state index contributed by atoms with van der Waals surface area (Å²) in [5.74, 6) is 3.11. The molecule has 176 valence electrons. The Morgan fingerprint density at radius 3 is 2.61 bits per heavy atom. The summed E-state index contributed by atoms with van der Waals surface area (Å²) in [6.45, 7) is 10.3. The van der Waals surface area contributed by atoms with E-state index in [1.807, 2.05) is 17.9 Å². The Labute approximate surface area is 204 Å². The monoisotopic (exact) mass is 545 g/mol. The molecule has 3 heterocycles. The third-order valence-electron chi connectivity index (χ3n) is 6.01. The number of hydrogen-bond acceptors (Lipinski definition) is 4. The van der Waals surface area contributed by atoms with Gasteiger partial charge in [0.25, 0.3) is 0 Å². The highest BCUT2D eigenvalue weighted by molar-refractivity contribution is 14.0. The Hall–Kier alpha value is -1.29. The number of furan rings is 1. The molecule has 0 saturated carbocycles. The van der Waals surface area contributed by atoms with Gasteiger partial charge in [-0.2, -0.15) is 0 Å². The maximum absolute atomic E-state index is 12.1. The second-order valence-corrected chi connectivity index (χ2v) is 8.40. The van der Waals surface area contributed by atoms with Crippen molar-refractivity contribution < 1.29 is 9.21 Å². The lowest BCUT2D eigenvalue weighted by molar-refractivity contribution is -0.130. The van der Waals surface area contributed by atoms with Crippen LogP contribution in [-0.2, 0) is 4.79 Å². The Bertz CT molecular complexity index is 687. The van der Waals surface area contributed by atoms with E-state index in [0.29, 0.717) is 18.9 Å². The summed E-state index contributed by atoms with van der Waals surface area (Å²) in [4.78, 5) is 21.5. The number of aliphatic imine (C=N–C) groups is 1. The molecule has 2 aliphatic heterocycles. The molecular formula is C23H40IN5O2. The Morgan fingerprint density at radius 1 is 1.13 bits per heavy atom. The molecule has 31 heavy (non-hydrogen) atoms. The fourth-order valence-electron chi connectivity index (χ4n) is 4.34. The zero-order valence-electron chi connectivity index (χ0n) is 19.2. The van der Waals surface area contributed by atoms with Crippen molar-refractivity contribution in [1.29, 1.82) is 0 Å². The molecule has 0 radical (unpaired) electrons. The van der Waals surface area contributed by atoms with Crippen LogP contribution in [0.1, 0.15) is 69.4 Å². The van der Waals surface area contributed by atoms with Gasteiger partial charge in [-0.1, -0.05) is 6.42 Å². The lowest BCUT2D eigenvalue weighted by Gasteiger charge is -2.25. The SMILES string of the molecule is CCNC(=NCC(c1ccc(C)o1)N1CCCC1)NCCCN1CCCCCC1=O.I. The van der Waals surface area contributed by atoms with Gasteiger partial charge >= 0.3 is 0 Å². The highest BCUT2D eigenvalue weighted by Gasteiger charge is 2.26. The molecule has 1 amide bonds. The Balaban J connectivity index is 0.00000341. The van der Waals surface area contributed by atoms with Crippen LogP contribution in [0.2, 0.25) is 0 Å². The standard InChI is InChI=1S/C23H39N5O2.HI/c1-3-24-23(25-13-9-17-28-16-6-4-5-10-22(28)29)26-18-20(27-14-7-8-15-27)21-12-11-19(2)30-21;/h11-12,20H,3-10,13-18H2,1-2H3,(H2,24,25,26);1H. The number of amides is 1. The summed E-state index contributed by atoms with van der Waals surface area (Å²) in [6, 6.07) is 4.31. The zero-order chi connectivity index (χ0) is 21.2. The second-order valence-electron chi connectivity index (χ2n) is 8.40. The molecule has 0 bridgehead atoms. The van der Waals surface area contributed by atoms with Crippen LogP contribution in [-0.4, -0.2) is 67.5 Å². The van der Waals surface area contributed by atoms with Crippen molar-refractivity contribution in [1.82, 2.24) is 20.4 Å². The van der Waals surface area contributed by atoms with E-state index < -0.39 is 0 Å². The quantitative estimate of drug-likeness (QED) is 0.214.